The van der Waals surface area contributed by atoms with E-state index in [1.54, 1.807) is 11.8 Å². The molecule has 1 aliphatic heterocycles. The van der Waals surface area contributed by atoms with E-state index in [0.717, 1.165) is 42.1 Å². The number of benzene rings is 2. The summed E-state index contributed by atoms with van der Waals surface area (Å²) in [7, 11) is 0. The number of carbonyl (C=O) groups is 1. The van der Waals surface area contributed by atoms with Crippen LogP contribution in [0.25, 0.3) is 11.5 Å². The molecule has 1 saturated heterocycles. The van der Waals surface area contributed by atoms with Gasteiger partial charge >= 0.3 is 0 Å². The van der Waals surface area contributed by atoms with Crippen molar-refractivity contribution >= 4 is 17.7 Å². The highest BCUT2D eigenvalue weighted by Crippen LogP contribution is 2.32. The predicted octanol–water partition coefficient (Wildman–Crippen LogP) is 4.39. The van der Waals surface area contributed by atoms with Gasteiger partial charge in [-0.25, -0.2) is 0 Å². The molecule has 0 saturated carbocycles. The van der Waals surface area contributed by atoms with Crippen molar-refractivity contribution in [1.29, 1.82) is 0 Å². The van der Waals surface area contributed by atoms with Crippen LogP contribution in [0.2, 0.25) is 0 Å². The molecular formula is C22H23N3O3S. The van der Waals surface area contributed by atoms with Gasteiger partial charge in [0.2, 0.25) is 0 Å². The summed E-state index contributed by atoms with van der Waals surface area (Å²) in [4.78, 5) is 14.5. The second-order valence-electron chi connectivity index (χ2n) is 6.89. The van der Waals surface area contributed by atoms with Gasteiger partial charge in [-0.15, -0.1) is 10.2 Å². The zero-order valence-electron chi connectivity index (χ0n) is 16.3. The first-order valence-electron chi connectivity index (χ1n) is 9.77. The highest BCUT2D eigenvalue weighted by molar-refractivity contribution is 7.99. The lowest BCUT2D eigenvalue weighted by atomic mass is 10.1. The van der Waals surface area contributed by atoms with Crippen LogP contribution in [0.1, 0.15) is 23.7 Å². The van der Waals surface area contributed by atoms with Gasteiger partial charge in [-0.1, -0.05) is 42.1 Å². The van der Waals surface area contributed by atoms with Crippen molar-refractivity contribution in [2.24, 2.45) is 5.92 Å². The average molecular weight is 410 g/mol. The minimum atomic E-state index is 0.103. The molecule has 4 rings (SSSR count). The van der Waals surface area contributed by atoms with Crippen LogP contribution in [0.3, 0.4) is 0 Å². The zero-order valence-corrected chi connectivity index (χ0v) is 17.1. The number of amides is 1. The Balaban J connectivity index is 1.34. The van der Waals surface area contributed by atoms with Crippen LogP contribution < -0.4 is 4.74 Å². The summed E-state index contributed by atoms with van der Waals surface area (Å²) in [5.74, 6) is 2.56. The van der Waals surface area contributed by atoms with Crippen LogP contribution >= 0.6 is 11.8 Å². The second-order valence-corrected chi connectivity index (χ2v) is 7.86. The first-order valence-corrected chi connectivity index (χ1v) is 10.8. The molecule has 0 unspecified atom stereocenters. The highest BCUT2D eigenvalue weighted by Gasteiger charge is 2.27. The molecule has 3 aromatic rings. The third-order valence-corrected chi connectivity index (χ3v) is 5.91. The molecule has 6 nitrogen and oxygen atoms in total. The molecule has 0 N–H and O–H groups in total. The lowest BCUT2D eigenvalue weighted by Crippen LogP contribution is -2.28. The molecule has 150 valence electrons. The van der Waals surface area contributed by atoms with Gasteiger partial charge in [-0.05, 0) is 43.5 Å². The fraction of sp³-hybridized carbons (Fsp3) is 0.318. The number of para-hydroxylation sites is 1. The summed E-state index contributed by atoms with van der Waals surface area (Å²) >= 11 is 1.54. The van der Waals surface area contributed by atoms with Crippen LogP contribution in [0.4, 0.5) is 0 Å². The Labute approximate surface area is 174 Å². The summed E-state index contributed by atoms with van der Waals surface area (Å²) in [5, 5.41) is 8.88. The Kier molecular flexibility index (Phi) is 6.14. The molecular weight excluding hydrogens is 386 g/mol. The Morgan fingerprint density at radius 1 is 1.17 bits per heavy atom. The van der Waals surface area contributed by atoms with Gasteiger partial charge in [-0.3, -0.25) is 4.79 Å². The van der Waals surface area contributed by atoms with Gasteiger partial charge in [-0.2, -0.15) is 0 Å². The van der Waals surface area contributed by atoms with Crippen LogP contribution in [0.5, 0.6) is 5.75 Å². The highest BCUT2D eigenvalue weighted by atomic mass is 32.2. The first-order chi connectivity index (χ1) is 14.2. The number of aromatic nitrogens is 2. The molecule has 0 bridgehead atoms. The van der Waals surface area contributed by atoms with Crippen molar-refractivity contribution < 1.29 is 13.9 Å². The Hall–Kier alpha value is -2.80. The monoisotopic (exact) mass is 409 g/mol. The molecule has 1 aliphatic rings. The summed E-state index contributed by atoms with van der Waals surface area (Å²) < 4.78 is 11.5. The second kappa shape index (κ2) is 9.13. The Morgan fingerprint density at radius 3 is 2.79 bits per heavy atom. The van der Waals surface area contributed by atoms with E-state index in [0.29, 0.717) is 23.6 Å². The quantitative estimate of drug-likeness (QED) is 0.539. The Morgan fingerprint density at radius 2 is 1.97 bits per heavy atom. The lowest BCUT2D eigenvalue weighted by molar-refractivity contribution is 0.0788. The van der Waals surface area contributed by atoms with Crippen molar-refractivity contribution in [3.8, 4) is 17.2 Å². The van der Waals surface area contributed by atoms with Crippen molar-refractivity contribution in [3.63, 3.8) is 0 Å². The number of rotatable bonds is 7. The van der Waals surface area contributed by atoms with Gasteiger partial charge < -0.3 is 14.1 Å². The maximum Gasteiger partial charge on any atom is 0.276 e. The maximum absolute atomic E-state index is 12.6. The van der Waals surface area contributed by atoms with E-state index in [9.17, 15) is 4.79 Å². The van der Waals surface area contributed by atoms with Crippen LogP contribution in [-0.2, 0) is 0 Å². The summed E-state index contributed by atoms with van der Waals surface area (Å²) in [5.41, 5.74) is 1.55. The smallest absolute Gasteiger partial charge is 0.276 e. The number of thioether (sulfide) groups is 1. The fourth-order valence-electron chi connectivity index (χ4n) is 3.41. The zero-order chi connectivity index (χ0) is 20.1. The summed E-state index contributed by atoms with van der Waals surface area (Å²) in [6, 6.07) is 17.1. The van der Waals surface area contributed by atoms with E-state index in [1.807, 2.05) is 66.4 Å². The summed E-state index contributed by atoms with van der Waals surface area (Å²) in [6.45, 7) is 4.07. The molecule has 2 heterocycles. The largest absolute Gasteiger partial charge is 0.493 e. The molecule has 0 aliphatic carbocycles. The molecule has 0 radical (unpaired) electrons. The van der Waals surface area contributed by atoms with Crippen molar-refractivity contribution in [2.45, 2.75) is 18.6 Å². The van der Waals surface area contributed by atoms with Crippen LogP contribution in [0, 0.1) is 5.92 Å². The molecule has 2 aromatic carbocycles. The van der Waals surface area contributed by atoms with Crippen molar-refractivity contribution in [3.05, 3.63) is 60.2 Å². The lowest BCUT2D eigenvalue weighted by Gasteiger charge is -2.16. The third-order valence-electron chi connectivity index (χ3n) is 4.86. The van der Waals surface area contributed by atoms with Crippen LogP contribution in [0.15, 0.2) is 64.2 Å². The number of nitrogens with zero attached hydrogens (tertiary/aromatic N) is 3. The van der Waals surface area contributed by atoms with Gasteiger partial charge in [0.05, 0.1) is 12.2 Å². The average Bonchev–Trinajstić information content (AvgIpc) is 3.43. The van der Waals surface area contributed by atoms with Gasteiger partial charge in [0.25, 0.3) is 17.0 Å². The molecule has 29 heavy (non-hydrogen) atoms. The van der Waals surface area contributed by atoms with E-state index in [2.05, 4.69) is 10.2 Å². The number of carbonyl (C=O) groups excluding carboxylic acids is 1. The first kappa shape index (κ1) is 19.5. The number of ether oxygens (including phenoxy) is 1. The van der Waals surface area contributed by atoms with E-state index < -0.39 is 0 Å². The third kappa shape index (κ3) is 4.62. The molecule has 1 atom stereocenters. The van der Waals surface area contributed by atoms with Crippen molar-refractivity contribution in [2.75, 3.05) is 25.4 Å². The summed E-state index contributed by atoms with van der Waals surface area (Å²) in [6.07, 6.45) is 0.986. The maximum atomic E-state index is 12.6. The van der Waals surface area contributed by atoms with E-state index in [4.69, 9.17) is 9.15 Å². The van der Waals surface area contributed by atoms with E-state index >= 15 is 0 Å². The minimum absolute atomic E-state index is 0.103. The predicted molar refractivity (Wildman–Crippen MR) is 112 cm³/mol. The normalized spacial score (nSPS) is 16.2. The van der Waals surface area contributed by atoms with E-state index in [1.165, 1.54) is 0 Å². The number of hydrogen-bond acceptors (Lipinski definition) is 6. The van der Waals surface area contributed by atoms with Crippen LogP contribution in [-0.4, -0.2) is 46.5 Å². The van der Waals surface area contributed by atoms with Gasteiger partial charge in [0, 0.05) is 24.4 Å². The molecule has 1 amide bonds. The van der Waals surface area contributed by atoms with E-state index in [-0.39, 0.29) is 5.91 Å². The SMILES string of the molecule is CCOc1ccccc1-c1nnc(SC[C@@H]2CCN(C(=O)c3ccccc3)C2)o1. The van der Waals surface area contributed by atoms with Gasteiger partial charge in [0.1, 0.15) is 5.75 Å². The molecule has 1 fully saturated rings. The molecule has 7 heteroatoms. The number of likely N-dealkylation sites (tertiary alicyclic amines) is 1. The molecule has 0 spiro atoms. The topological polar surface area (TPSA) is 68.5 Å². The molecule has 1 aromatic heterocycles. The standard InChI is InChI=1S/C22H23N3O3S/c1-2-27-19-11-7-6-10-18(19)20-23-24-22(28-20)29-15-16-12-13-25(14-16)21(26)17-8-4-3-5-9-17/h3-11,16H,2,12-15H2,1H3/t16-/m1/s1. The number of hydrogen-bond donors (Lipinski definition) is 0. The fourth-order valence-corrected chi connectivity index (χ4v) is 4.29. The van der Waals surface area contributed by atoms with Gasteiger partial charge in [0.15, 0.2) is 0 Å². The van der Waals surface area contributed by atoms with Crippen molar-refractivity contribution in [1.82, 2.24) is 15.1 Å². The Bertz CT molecular complexity index is 961. The minimum Gasteiger partial charge on any atom is -0.493 e.